The maximum absolute atomic E-state index is 14.3. The number of likely N-dealkylation sites (N-methyl/N-ethyl adjacent to an activating group) is 1. The molecule has 0 aromatic heterocycles. The van der Waals surface area contributed by atoms with Crippen LogP contribution in [0.25, 0.3) is 0 Å². The van der Waals surface area contributed by atoms with E-state index in [1.54, 1.807) is 27.1 Å². The highest BCUT2D eigenvalue weighted by atomic mass is 35.5. The minimum absolute atomic E-state index is 0.0381. The quantitative estimate of drug-likeness (QED) is 0.218. The Morgan fingerprint density at radius 3 is 2.36 bits per heavy atom. The van der Waals surface area contributed by atoms with Crippen LogP contribution in [0.5, 0.6) is 5.75 Å². The number of aliphatic hydroxyl groups is 1. The Hall–Kier alpha value is -4.23. The maximum Gasteiger partial charge on any atom is 0.332 e. The van der Waals surface area contributed by atoms with Crippen molar-refractivity contribution in [1.82, 2.24) is 15.5 Å². The van der Waals surface area contributed by atoms with E-state index in [0.29, 0.717) is 24.0 Å². The van der Waals surface area contributed by atoms with Crippen LogP contribution < -0.4 is 10.6 Å². The number of nitrogens with zero attached hydrogens (tertiary/aromatic N) is 1. The Kier molecular flexibility index (Phi) is 14.4. The number of benzene rings is 2. The summed E-state index contributed by atoms with van der Waals surface area (Å²) in [5, 5.41) is 26.9. The van der Waals surface area contributed by atoms with E-state index in [-0.39, 0.29) is 35.1 Å². The lowest BCUT2D eigenvalue weighted by atomic mass is 9.93. The van der Waals surface area contributed by atoms with Crippen LogP contribution in [0.1, 0.15) is 78.5 Å². The number of methoxy groups -OCH3 is 1. The summed E-state index contributed by atoms with van der Waals surface area (Å²) in [5.74, 6) is -3.56. The summed E-state index contributed by atoms with van der Waals surface area (Å²) < 4.78 is 18.0. The number of nitrogens with one attached hydrogen (secondary N) is 2. The number of cyclic esters (lactones) is 1. The molecule has 300 valence electrons. The van der Waals surface area contributed by atoms with E-state index in [2.05, 4.69) is 10.6 Å². The lowest BCUT2D eigenvalue weighted by Crippen LogP contribution is -2.61. The minimum atomic E-state index is -1.81. The van der Waals surface area contributed by atoms with Crippen molar-refractivity contribution in [3.05, 3.63) is 88.5 Å². The van der Waals surface area contributed by atoms with Gasteiger partial charge in [0.1, 0.15) is 23.9 Å². The number of hydrogen-bond acceptors (Lipinski definition) is 9. The molecule has 13 heteroatoms. The number of carbonyl (C=O) groups excluding carboxylic acids is 4. The molecule has 12 nitrogen and oxygen atoms in total. The first kappa shape index (κ1) is 43.5. The molecule has 3 amide bonds. The SMILES string of the molecule is CCC(C)C1C(=O)NC(Cc2ccc(O)c(Cl)c2)C(=O)NC(C(C)(C)O)C(=O)OC(c2ccccc2)C(C)C=CC=C(C)C(OC)CC2OC2(C)C(=O)N1C. The summed E-state index contributed by atoms with van der Waals surface area (Å²) in [4.78, 5) is 58.2. The van der Waals surface area contributed by atoms with Crippen LogP contribution in [0.2, 0.25) is 5.02 Å². The molecule has 2 aromatic carbocycles. The number of ether oxygens (including phenoxy) is 3. The maximum atomic E-state index is 14.3. The standard InChI is InChI=1S/C42H56ClN3O9/c1-10-24(2)34-38(49)44-30(22-27-19-20-31(47)29(43)21-27)37(48)45-36(41(5,6)52)39(50)54-35(28-17-12-11-13-18-28)26(4)16-14-15-25(3)32(53-9)23-33-42(7,55-33)40(51)46(34)8/h11-21,24,26,30,32-36,47,52H,10,22-23H2,1-9H3,(H,44,49)(H,45,48). The Bertz CT molecular complexity index is 1760. The molecule has 9 unspecified atom stereocenters. The summed E-state index contributed by atoms with van der Waals surface area (Å²) in [6, 6.07) is 9.65. The zero-order chi connectivity index (χ0) is 40.8. The molecule has 0 spiro atoms. The van der Waals surface area contributed by atoms with Gasteiger partial charge in [-0.2, -0.15) is 0 Å². The first-order valence-electron chi connectivity index (χ1n) is 18.7. The van der Waals surface area contributed by atoms with E-state index in [1.165, 1.54) is 30.9 Å². The van der Waals surface area contributed by atoms with E-state index in [4.69, 9.17) is 25.8 Å². The van der Waals surface area contributed by atoms with Crippen LogP contribution in [0, 0.1) is 11.8 Å². The average Bonchev–Trinajstić information content (AvgIpc) is 3.81. The third-order valence-electron chi connectivity index (χ3n) is 10.7. The van der Waals surface area contributed by atoms with Gasteiger partial charge in [-0.1, -0.05) is 93.4 Å². The summed E-state index contributed by atoms with van der Waals surface area (Å²) in [5.41, 5.74) is -0.945. The first-order chi connectivity index (χ1) is 25.8. The van der Waals surface area contributed by atoms with E-state index < -0.39 is 65.2 Å². The molecule has 2 aliphatic rings. The van der Waals surface area contributed by atoms with E-state index in [9.17, 15) is 29.4 Å². The fraction of sp³-hybridized carbons (Fsp3) is 0.524. The van der Waals surface area contributed by atoms with Crippen LogP contribution in [-0.2, 0) is 39.8 Å². The molecule has 0 aliphatic carbocycles. The van der Waals surface area contributed by atoms with Crippen molar-refractivity contribution in [2.24, 2.45) is 11.8 Å². The molecule has 0 bridgehead atoms. The number of fused-ring (bicyclic) bond motifs is 1. The monoisotopic (exact) mass is 781 g/mol. The molecule has 4 rings (SSSR count). The van der Waals surface area contributed by atoms with Gasteiger partial charge in [-0.3, -0.25) is 14.4 Å². The Balaban J connectivity index is 1.82. The van der Waals surface area contributed by atoms with Crippen molar-refractivity contribution in [3.8, 4) is 5.75 Å². The predicted molar refractivity (Wildman–Crippen MR) is 209 cm³/mol. The largest absolute Gasteiger partial charge is 0.506 e. The number of aromatic hydroxyl groups is 1. The minimum Gasteiger partial charge on any atom is -0.506 e. The first-order valence-corrected chi connectivity index (χ1v) is 19.1. The molecule has 2 heterocycles. The lowest BCUT2D eigenvalue weighted by Gasteiger charge is -2.35. The molecule has 0 saturated carbocycles. The molecule has 0 radical (unpaired) electrons. The number of esters is 1. The highest BCUT2D eigenvalue weighted by molar-refractivity contribution is 6.32. The Labute approximate surface area is 329 Å². The van der Waals surface area contributed by atoms with Gasteiger partial charge < -0.3 is 40.0 Å². The smallest absolute Gasteiger partial charge is 0.332 e. The fourth-order valence-corrected chi connectivity index (χ4v) is 7.16. The average molecular weight is 782 g/mol. The normalized spacial score (nSPS) is 29.5. The topological polar surface area (TPSA) is 167 Å². The zero-order valence-corrected chi connectivity index (χ0v) is 33.9. The van der Waals surface area contributed by atoms with Gasteiger partial charge in [0.2, 0.25) is 11.8 Å². The van der Waals surface area contributed by atoms with Crippen molar-refractivity contribution < 1.29 is 43.6 Å². The molecular weight excluding hydrogens is 726 g/mol. The van der Waals surface area contributed by atoms with E-state index in [0.717, 1.165) is 5.57 Å². The van der Waals surface area contributed by atoms with E-state index >= 15 is 0 Å². The number of phenolic OH excluding ortho intramolecular Hbond substituents is 1. The molecule has 9 atom stereocenters. The van der Waals surface area contributed by atoms with Crippen LogP contribution in [0.3, 0.4) is 0 Å². The highest BCUT2D eigenvalue weighted by Gasteiger charge is 2.61. The fourth-order valence-electron chi connectivity index (χ4n) is 6.95. The number of allylic oxidation sites excluding steroid dienone is 2. The van der Waals surface area contributed by atoms with Gasteiger partial charge in [0.15, 0.2) is 11.6 Å². The zero-order valence-electron chi connectivity index (χ0n) is 33.2. The summed E-state index contributed by atoms with van der Waals surface area (Å²) in [7, 11) is 3.13. The van der Waals surface area contributed by atoms with Gasteiger partial charge in [0, 0.05) is 32.9 Å². The number of carbonyl (C=O) groups is 4. The third-order valence-corrected chi connectivity index (χ3v) is 11.0. The van der Waals surface area contributed by atoms with Crippen LogP contribution in [0.15, 0.2) is 72.3 Å². The summed E-state index contributed by atoms with van der Waals surface area (Å²) >= 11 is 6.21. The second-order valence-electron chi connectivity index (χ2n) is 15.5. The van der Waals surface area contributed by atoms with Crippen molar-refractivity contribution in [2.75, 3.05) is 14.2 Å². The molecular formula is C42H56ClN3O9. The predicted octanol–water partition coefficient (Wildman–Crippen LogP) is 5.20. The number of rotatable bonds is 7. The molecule has 1 fully saturated rings. The highest BCUT2D eigenvalue weighted by Crippen LogP contribution is 2.42. The van der Waals surface area contributed by atoms with Crippen LogP contribution in [-0.4, -0.2) is 94.5 Å². The van der Waals surface area contributed by atoms with Crippen molar-refractivity contribution >= 4 is 35.3 Å². The van der Waals surface area contributed by atoms with Gasteiger partial charge >= 0.3 is 5.97 Å². The second-order valence-corrected chi connectivity index (χ2v) is 15.9. The number of amides is 3. The lowest BCUT2D eigenvalue weighted by molar-refractivity contribution is -0.162. The van der Waals surface area contributed by atoms with Crippen molar-refractivity contribution in [1.29, 1.82) is 0 Å². The van der Waals surface area contributed by atoms with Gasteiger partial charge in [-0.05, 0) is 62.4 Å². The molecule has 2 aromatic rings. The van der Waals surface area contributed by atoms with Crippen LogP contribution in [0.4, 0.5) is 0 Å². The second kappa shape index (κ2) is 18.1. The Morgan fingerprint density at radius 2 is 1.76 bits per heavy atom. The van der Waals surface area contributed by atoms with Crippen molar-refractivity contribution in [3.63, 3.8) is 0 Å². The molecule has 55 heavy (non-hydrogen) atoms. The third kappa shape index (κ3) is 10.5. The number of hydrogen-bond donors (Lipinski definition) is 4. The molecule has 2 aliphatic heterocycles. The van der Waals surface area contributed by atoms with E-state index in [1.807, 2.05) is 76.3 Å². The van der Waals surface area contributed by atoms with Crippen LogP contribution >= 0.6 is 11.6 Å². The van der Waals surface area contributed by atoms with Gasteiger partial charge in [-0.25, -0.2) is 4.79 Å². The Morgan fingerprint density at radius 1 is 1.09 bits per heavy atom. The van der Waals surface area contributed by atoms with Gasteiger partial charge in [-0.15, -0.1) is 0 Å². The summed E-state index contributed by atoms with van der Waals surface area (Å²) in [6.45, 7) is 12.0. The number of epoxide rings is 1. The molecule has 4 N–H and O–H groups in total. The number of phenols is 1. The number of halogens is 1. The molecule has 1 saturated heterocycles. The van der Waals surface area contributed by atoms with Crippen molar-refractivity contribution in [2.45, 2.75) is 115 Å². The van der Waals surface area contributed by atoms with Gasteiger partial charge in [0.05, 0.1) is 22.8 Å². The summed E-state index contributed by atoms with van der Waals surface area (Å²) in [6.07, 6.45) is 4.78. The van der Waals surface area contributed by atoms with Gasteiger partial charge in [0.25, 0.3) is 5.91 Å².